The summed E-state index contributed by atoms with van der Waals surface area (Å²) >= 11 is 0. The van der Waals surface area contributed by atoms with Crippen LogP contribution in [-0.4, -0.2) is 37.5 Å². The Morgan fingerprint density at radius 1 is 1.05 bits per heavy atom. The number of rotatable bonds is 4. The number of hydrogen-bond acceptors (Lipinski definition) is 3. The van der Waals surface area contributed by atoms with Crippen LogP contribution in [0, 0.1) is 5.92 Å². The third kappa shape index (κ3) is 3.55. The van der Waals surface area contributed by atoms with Crippen molar-refractivity contribution in [2.24, 2.45) is 5.92 Å². The van der Waals surface area contributed by atoms with Gasteiger partial charge in [0.25, 0.3) is 0 Å². The summed E-state index contributed by atoms with van der Waals surface area (Å²) in [6, 6.07) is 1.41. The van der Waals surface area contributed by atoms with Crippen molar-refractivity contribution in [2.75, 3.05) is 19.8 Å². The molecule has 0 amide bonds. The van der Waals surface area contributed by atoms with Gasteiger partial charge in [0.1, 0.15) is 0 Å². The highest BCUT2D eigenvalue weighted by Gasteiger charge is 2.41. The minimum Gasteiger partial charge on any atom is -0.378 e. The lowest BCUT2D eigenvalue weighted by atomic mass is 9.82. The van der Waals surface area contributed by atoms with Gasteiger partial charge in [0.05, 0.1) is 12.2 Å². The smallest absolute Gasteiger partial charge is 0.0951 e. The van der Waals surface area contributed by atoms with Crippen LogP contribution in [0.3, 0.4) is 0 Å². The van der Waals surface area contributed by atoms with Gasteiger partial charge >= 0.3 is 0 Å². The van der Waals surface area contributed by atoms with Crippen molar-refractivity contribution in [1.82, 2.24) is 5.32 Å². The summed E-state index contributed by atoms with van der Waals surface area (Å²) in [5.74, 6) is 1.00. The zero-order valence-electron chi connectivity index (χ0n) is 13.0. The average molecular weight is 281 g/mol. The summed E-state index contributed by atoms with van der Waals surface area (Å²) in [4.78, 5) is 0. The van der Waals surface area contributed by atoms with Crippen molar-refractivity contribution in [3.05, 3.63) is 0 Å². The van der Waals surface area contributed by atoms with Crippen LogP contribution >= 0.6 is 0 Å². The first-order chi connectivity index (χ1) is 9.80. The standard InChI is InChI=1S/C17H31NO2/c1-2-3-14-4-6-15(7-5-14)18-16-8-10-20-17(12-16)9-11-19-13-17/h14-16,18H,2-13H2,1H3. The van der Waals surface area contributed by atoms with E-state index in [0.717, 1.165) is 44.6 Å². The molecule has 116 valence electrons. The molecule has 2 unspecified atom stereocenters. The highest BCUT2D eigenvalue weighted by atomic mass is 16.6. The maximum absolute atomic E-state index is 6.03. The highest BCUT2D eigenvalue weighted by Crippen LogP contribution is 2.34. The summed E-state index contributed by atoms with van der Waals surface area (Å²) < 4.78 is 11.6. The molecule has 1 spiro atoms. The first-order valence-corrected chi connectivity index (χ1v) is 8.77. The molecule has 3 fully saturated rings. The van der Waals surface area contributed by atoms with Gasteiger partial charge < -0.3 is 14.8 Å². The van der Waals surface area contributed by atoms with Crippen molar-refractivity contribution in [1.29, 1.82) is 0 Å². The van der Waals surface area contributed by atoms with Gasteiger partial charge in [-0.05, 0) is 44.4 Å². The van der Waals surface area contributed by atoms with E-state index in [9.17, 15) is 0 Å². The molecule has 2 aliphatic heterocycles. The Labute approximate surface area is 123 Å². The number of ether oxygens (including phenoxy) is 2. The van der Waals surface area contributed by atoms with Gasteiger partial charge in [-0.1, -0.05) is 19.8 Å². The second kappa shape index (κ2) is 6.76. The van der Waals surface area contributed by atoms with E-state index in [1.54, 1.807) is 0 Å². The van der Waals surface area contributed by atoms with Crippen LogP contribution < -0.4 is 5.32 Å². The van der Waals surface area contributed by atoms with Gasteiger partial charge in [-0.25, -0.2) is 0 Å². The molecular formula is C17H31NO2. The molecule has 3 rings (SSSR count). The van der Waals surface area contributed by atoms with Gasteiger partial charge in [-0.2, -0.15) is 0 Å². The van der Waals surface area contributed by atoms with Crippen molar-refractivity contribution in [3.63, 3.8) is 0 Å². The van der Waals surface area contributed by atoms with E-state index in [4.69, 9.17) is 9.47 Å². The van der Waals surface area contributed by atoms with Crippen LogP contribution in [0.25, 0.3) is 0 Å². The van der Waals surface area contributed by atoms with Crippen molar-refractivity contribution < 1.29 is 9.47 Å². The fourth-order valence-electron chi connectivity index (χ4n) is 4.39. The Morgan fingerprint density at radius 3 is 2.60 bits per heavy atom. The van der Waals surface area contributed by atoms with Crippen LogP contribution in [0.15, 0.2) is 0 Å². The number of hydrogen-bond donors (Lipinski definition) is 1. The third-order valence-corrected chi connectivity index (χ3v) is 5.58. The molecule has 1 N–H and O–H groups in total. The molecule has 0 aromatic carbocycles. The van der Waals surface area contributed by atoms with E-state index in [2.05, 4.69) is 12.2 Å². The molecule has 20 heavy (non-hydrogen) atoms. The predicted molar refractivity (Wildman–Crippen MR) is 80.9 cm³/mol. The largest absolute Gasteiger partial charge is 0.378 e. The molecule has 0 bridgehead atoms. The SMILES string of the molecule is CCCC1CCC(NC2CCOC3(CCOC3)C2)CC1. The van der Waals surface area contributed by atoms with Gasteiger partial charge in [0, 0.05) is 31.7 Å². The van der Waals surface area contributed by atoms with Crippen molar-refractivity contribution in [2.45, 2.75) is 82.4 Å². The Hall–Kier alpha value is -0.120. The summed E-state index contributed by atoms with van der Waals surface area (Å²) in [6.45, 7) is 4.92. The molecule has 0 radical (unpaired) electrons. The van der Waals surface area contributed by atoms with E-state index in [1.165, 1.54) is 44.9 Å². The molecule has 3 heteroatoms. The van der Waals surface area contributed by atoms with Gasteiger partial charge in [-0.15, -0.1) is 0 Å². The first kappa shape index (κ1) is 14.8. The predicted octanol–water partition coefficient (Wildman–Crippen LogP) is 3.27. The molecule has 2 atom stereocenters. The van der Waals surface area contributed by atoms with E-state index < -0.39 is 0 Å². The lowest BCUT2D eigenvalue weighted by molar-refractivity contribution is -0.0908. The van der Waals surface area contributed by atoms with E-state index in [1.807, 2.05) is 0 Å². The lowest BCUT2D eigenvalue weighted by Gasteiger charge is -2.40. The number of nitrogens with one attached hydrogen (secondary N) is 1. The van der Waals surface area contributed by atoms with Crippen LogP contribution in [0.5, 0.6) is 0 Å². The van der Waals surface area contributed by atoms with E-state index in [0.29, 0.717) is 6.04 Å². The maximum Gasteiger partial charge on any atom is 0.0951 e. The minimum absolute atomic E-state index is 0.0509. The van der Waals surface area contributed by atoms with Gasteiger partial charge in [0.15, 0.2) is 0 Å². The van der Waals surface area contributed by atoms with Crippen LogP contribution in [0.2, 0.25) is 0 Å². The molecule has 3 nitrogen and oxygen atoms in total. The van der Waals surface area contributed by atoms with Crippen LogP contribution in [-0.2, 0) is 9.47 Å². The molecule has 1 aliphatic carbocycles. The van der Waals surface area contributed by atoms with Gasteiger partial charge in [0.2, 0.25) is 0 Å². The molecular weight excluding hydrogens is 250 g/mol. The highest BCUT2D eigenvalue weighted by molar-refractivity contribution is 4.94. The summed E-state index contributed by atoms with van der Waals surface area (Å²) in [7, 11) is 0. The molecule has 1 saturated carbocycles. The fraction of sp³-hybridized carbons (Fsp3) is 1.00. The maximum atomic E-state index is 6.03. The summed E-state index contributed by atoms with van der Waals surface area (Å²) in [6.07, 6.45) is 11.8. The lowest BCUT2D eigenvalue weighted by Crippen LogP contribution is -2.50. The fourth-order valence-corrected chi connectivity index (χ4v) is 4.39. The Kier molecular flexibility index (Phi) is 5.00. The summed E-state index contributed by atoms with van der Waals surface area (Å²) in [5.41, 5.74) is 0.0509. The average Bonchev–Trinajstić information content (AvgIpc) is 2.89. The summed E-state index contributed by atoms with van der Waals surface area (Å²) in [5, 5.41) is 3.94. The zero-order chi connectivity index (χ0) is 13.8. The molecule has 2 heterocycles. The quantitative estimate of drug-likeness (QED) is 0.858. The minimum atomic E-state index is 0.0509. The Balaban J connectivity index is 1.44. The van der Waals surface area contributed by atoms with Crippen LogP contribution in [0.4, 0.5) is 0 Å². The van der Waals surface area contributed by atoms with Crippen molar-refractivity contribution >= 4 is 0 Å². The first-order valence-electron chi connectivity index (χ1n) is 8.77. The Morgan fingerprint density at radius 2 is 1.90 bits per heavy atom. The normalized spacial score (nSPS) is 42.1. The van der Waals surface area contributed by atoms with Crippen LogP contribution in [0.1, 0.15) is 64.7 Å². The van der Waals surface area contributed by atoms with Gasteiger partial charge in [-0.3, -0.25) is 0 Å². The molecule has 0 aromatic heterocycles. The topological polar surface area (TPSA) is 30.5 Å². The second-order valence-corrected chi connectivity index (χ2v) is 7.20. The van der Waals surface area contributed by atoms with Crippen molar-refractivity contribution in [3.8, 4) is 0 Å². The third-order valence-electron chi connectivity index (χ3n) is 5.58. The molecule has 3 aliphatic rings. The Bertz CT molecular complexity index is 293. The van der Waals surface area contributed by atoms with E-state index in [-0.39, 0.29) is 5.60 Å². The molecule has 0 aromatic rings. The monoisotopic (exact) mass is 281 g/mol. The van der Waals surface area contributed by atoms with E-state index >= 15 is 0 Å². The zero-order valence-corrected chi connectivity index (χ0v) is 13.0. The second-order valence-electron chi connectivity index (χ2n) is 7.20. The molecule has 2 saturated heterocycles.